The summed E-state index contributed by atoms with van der Waals surface area (Å²) in [7, 11) is 1.36. The van der Waals surface area contributed by atoms with E-state index in [4.69, 9.17) is 42.6 Å². The monoisotopic (exact) mass is 658 g/mol. The first kappa shape index (κ1) is 42.2. The van der Waals surface area contributed by atoms with Crippen LogP contribution in [0.2, 0.25) is 0 Å². The molecule has 11 nitrogen and oxygen atoms in total. The minimum Gasteiger partial charge on any atom is -0.491 e. The Bertz CT molecular complexity index is 763. The van der Waals surface area contributed by atoms with Crippen LogP contribution in [0.15, 0.2) is 24.3 Å². The summed E-state index contributed by atoms with van der Waals surface area (Å²) in [5, 5.41) is 0. The zero-order valence-corrected chi connectivity index (χ0v) is 28.7. The number of methoxy groups -OCH3 is 1. The van der Waals surface area contributed by atoms with Gasteiger partial charge in [0, 0.05) is 0 Å². The predicted molar refractivity (Wildman–Crippen MR) is 177 cm³/mol. The van der Waals surface area contributed by atoms with E-state index in [-0.39, 0.29) is 12.4 Å². The average Bonchev–Trinajstić information content (AvgIpc) is 3.08. The summed E-state index contributed by atoms with van der Waals surface area (Å²) in [5.74, 6) is 0.602. The van der Waals surface area contributed by atoms with Crippen LogP contribution in [-0.2, 0) is 53.8 Å². The van der Waals surface area contributed by atoms with Gasteiger partial charge in [0.1, 0.15) is 12.4 Å². The Morgan fingerprint density at radius 3 is 1.26 bits per heavy atom. The minimum atomic E-state index is -0.282. The van der Waals surface area contributed by atoms with E-state index in [1.165, 1.54) is 57.6 Å². The van der Waals surface area contributed by atoms with Crippen LogP contribution >= 0.6 is 0 Å². The number of unbranched alkanes of at least 4 members (excludes halogenated alkanes) is 6. The quantitative estimate of drug-likeness (QED) is 0.0714. The van der Waals surface area contributed by atoms with Crippen molar-refractivity contribution in [2.24, 2.45) is 0 Å². The van der Waals surface area contributed by atoms with Crippen molar-refractivity contribution < 1.29 is 52.2 Å². The normalized spacial score (nSPS) is 11.3. The second-order valence-electron chi connectivity index (χ2n) is 10.6. The number of aryl methyl sites for hydroxylation is 1. The van der Waals surface area contributed by atoms with Gasteiger partial charge in [0.05, 0.1) is 119 Å². The van der Waals surface area contributed by atoms with Gasteiger partial charge in [0.15, 0.2) is 0 Å². The van der Waals surface area contributed by atoms with Gasteiger partial charge >= 0.3 is 5.97 Å². The molecule has 0 fully saturated rings. The molecular formula is C35H62O11. The average molecular weight is 659 g/mol. The first-order valence-corrected chi connectivity index (χ1v) is 17.2. The van der Waals surface area contributed by atoms with E-state index in [1.54, 1.807) is 0 Å². The fourth-order valence-corrected chi connectivity index (χ4v) is 4.16. The largest absolute Gasteiger partial charge is 0.491 e. The SMILES string of the molecule is CCCCCCCCCc1ccc(OCCOCCOCCOCCOCCOCCOCCOCCOCCC(=O)OC)cc1. The maximum absolute atomic E-state index is 10.9. The standard InChI is InChI=1S/C35H62O11/c1-3-4-5-6-7-8-9-10-33-11-13-34(14-12-33)46-32-31-45-30-29-44-28-27-43-26-25-42-24-23-41-22-21-40-20-19-39-18-17-38-16-15-35(36)37-2/h11-14H,3-10,15-32H2,1-2H3. The van der Waals surface area contributed by atoms with Crippen LogP contribution < -0.4 is 4.74 Å². The summed E-state index contributed by atoms with van der Waals surface area (Å²) in [6, 6.07) is 8.44. The van der Waals surface area contributed by atoms with Crippen molar-refractivity contribution in [3.8, 4) is 5.75 Å². The zero-order chi connectivity index (χ0) is 33.0. The zero-order valence-electron chi connectivity index (χ0n) is 28.7. The van der Waals surface area contributed by atoms with E-state index in [0.29, 0.717) is 112 Å². The number of benzene rings is 1. The maximum atomic E-state index is 10.9. The maximum Gasteiger partial charge on any atom is 0.307 e. The second-order valence-corrected chi connectivity index (χ2v) is 10.6. The van der Waals surface area contributed by atoms with Crippen LogP contribution in [0.1, 0.15) is 63.9 Å². The van der Waals surface area contributed by atoms with E-state index in [0.717, 1.165) is 12.2 Å². The minimum absolute atomic E-state index is 0.249. The summed E-state index contributed by atoms with van der Waals surface area (Å²) in [6.07, 6.45) is 10.8. The molecule has 0 aliphatic carbocycles. The number of carbonyl (C=O) groups is 1. The Morgan fingerprint density at radius 1 is 0.478 bits per heavy atom. The molecule has 46 heavy (non-hydrogen) atoms. The number of ether oxygens (including phenoxy) is 10. The van der Waals surface area contributed by atoms with Crippen LogP contribution in [0.5, 0.6) is 5.75 Å². The Labute approximate surface area is 277 Å². The lowest BCUT2D eigenvalue weighted by molar-refractivity contribution is -0.141. The van der Waals surface area contributed by atoms with Gasteiger partial charge in [0.2, 0.25) is 0 Å². The van der Waals surface area contributed by atoms with E-state index in [2.05, 4.69) is 35.9 Å². The van der Waals surface area contributed by atoms with E-state index in [9.17, 15) is 4.79 Å². The Morgan fingerprint density at radius 2 is 0.848 bits per heavy atom. The molecule has 0 unspecified atom stereocenters. The molecule has 0 bridgehead atoms. The third kappa shape index (κ3) is 29.6. The van der Waals surface area contributed by atoms with Crippen molar-refractivity contribution in [1.29, 1.82) is 0 Å². The molecular weight excluding hydrogens is 596 g/mol. The number of rotatable bonds is 36. The fraction of sp³-hybridized carbons (Fsp3) is 0.800. The summed E-state index contributed by atoms with van der Waals surface area (Å²) < 4.78 is 53.9. The highest BCUT2D eigenvalue weighted by Gasteiger charge is 2.00. The number of hydrogen-bond acceptors (Lipinski definition) is 11. The van der Waals surface area contributed by atoms with Gasteiger partial charge in [-0.1, -0.05) is 57.6 Å². The molecule has 0 saturated carbocycles. The van der Waals surface area contributed by atoms with Gasteiger partial charge in [-0.3, -0.25) is 4.79 Å². The lowest BCUT2D eigenvalue weighted by Gasteiger charge is -2.09. The number of esters is 1. The van der Waals surface area contributed by atoms with Gasteiger partial charge in [-0.05, 0) is 30.5 Å². The van der Waals surface area contributed by atoms with Crippen LogP contribution in [0.3, 0.4) is 0 Å². The highest BCUT2D eigenvalue weighted by molar-refractivity contribution is 5.69. The highest BCUT2D eigenvalue weighted by Crippen LogP contribution is 2.15. The first-order valence-electron chi connectivity index (χ1n) is 17.2. The molecule has 0 heterocycles. The third-order valence-electron chi connectivity index (χ3n) is 6.77. The molecule has 0 N–H and O–H groups in total. The van der Waals surface area contributed by atoms with Crippen molar-refractivity contribution in [3.63, 3.8) is 0 Å². The molecule has 0 aliphatic heterocycles. The molecule has 0 radical (unpaired) electrons. The van der Waals surface area contributed by atoms with Crippen molar-refractivity contribution in [3.05, 3.63) is 29.8 Å². The summed E-state index contributed by atoms with van der Waals surface area (Å²) in [4.78, 5) is 10.9. The van der Waals surface area contributed by atoms with Crippen molar-refractivity contribution in [2.75, 3.05) is 119 Å². The Kier molecular flexibility index (Phi) is 31.6. The molecule has 0 saturated heterocycles. The van der Waals surface area contributed by atoms with Crippen LogP contribution in [0, 0.1) is 0 Å². The summed E-state index contributed by atoms with van der Waals surface area (Å²) in [5.41, 5.74) is 1.38. The molecule has 0 aliphatic rings. The molecule has 0 atom stereocenters. The molecule has 11 heteroatoms. The van der Waals surface area contributed by atoms with Crippen molar-refractivity contribution in [2.45, 2.75) is 64.7 Å². The first-order chi connectivity index (χ1) is 22.8. The van der Waals surface area contributed by atoms with Crippen molar-refractivity contribution in [1.82, 2.24) is 0 Å². The summed E-state index contributed by atoms with van der Waals surface area (Å²) >= 11 is 0. The fourth-order valence-electron chi connectivity index (χ4n) is 4.16. The highest BCUT2D eigenvalue weighted by atomic mass is 16.6. The molecule has 1 aromatic carbocycles. The Hall–Kier alpha value is -1.83. The molecule has 1 rings (SSSR count). The molecule has 1 aromatic rings. The van der Waals surface area contributed by atoms with Gasteiger partial charge in [-0.2, -0.15) is 0 Å². The van der Waals surface area contributed by atoms with Gasteiger partial charge in [-0.25, -0.2) is 0 Å². The molecule has 0 spiro atoms. The smallest absolute Gasteiger partial charge is 0.307 e. The van der Waals surface area contributed by atoms with E-state index < -0.39 is 0 Å². The third-order valence-corrected chi connectivity index (χ3v) is 6.77. The van der Waals surface area contributed by atoms with Crippen LogP contribution in [0.25, 0.3) is 0 Å². The van der Waals surface area contributed by atoms with Gasteiger partial charge in [-0.15, -0.1) is 0 Å². The second kappa shape index (κ2) is 34.5. The molecule has 268 valence electrons. The predicted octanol–water partition coefficient (Wildman–Crippen LogP) is 5.05. The van der Waals surface area contributed by atoms with Crippen molar-refractivity contribution >= 4 is 5.97 Å². The topological polar surface area (TPSA) is 109 Å². The van der Waals surface area contributed by atoms with Crippen LogP contribution in [0.4, 0.5) is 0 Å². The summed E-state index contributed by atoms with van der Waals surface area (Å²) in [6.45, 7) is 10.6. The number of carbonyl (C=O) groups excluding carboxylic acids is 1. The van der Waals surface area contributed by atoms with E-state index >= 15 is 0 Å². The van der Waals surface area contributed by atoms with Gasteiger partial charge in [0.25, 0.3) is 0 Å². The molecule has 0 amide bonds. The van der Waals surface area contributed by atoms with Crippen LogP contribution in [-0.4, -0.2) is 125 Å². The lowest BCUT2D eigenvalue weighted by atomic mass is 10.0. The van der Waals surface area contributed by atoms with Gasteiger partial charge < -0.3 is 47.4 Å². The Balaban J connectivity index is 1.72. The molecule has 0 aromatic heterocycles. The lowest BCUT2D eigenvalue weighted by Crippen LogP contribution is -2.15. The number of hydrogen-bond donors (Lipinski definition) is 0. The van der Waals surface area contributed by atoms with E-state index in [1.807, 2.05) is 0 Å².